The Bertz CT molecular complexity index is 499. The summed E-state index contributed by atoms with van der Waals surface area (Å²) in [5, 5.41) is 2.94. The average Bonchev–Trinajstić information content (AvgIpc) is 2.43. The third-order valence-corrected chi connectivity index (χ3v) is 4.87. The van der Waals surface area contributed by atoms with Crippen LogP contribution < -0.4 is 5.32 Å². The molecule has 1 N–H and O–H groups in total. The lowest BCUT2D eigenvalue weighted by Gasteiger charge is -2.38. The van der Waals surface area contributed by atoms with Gasteiger partial charge >= 0.3 is 0 Å². The van der Waals surface area contributed by atoms with E-state index in [1.807, 2.05) is 0 Å². The molecule has 0 aliphatic carbocycles. The van der Waals surface area contributed by atoms with Gasteiger partial charge in [0.05, 0.1) is 10.0 Å². The van der Waals surface area contributed by atoms with E-state index in [1.165, 1.54) is 6.07 Å². The van der Waals surface area contributed by atoms with Crippen LogP contribution >= 0.6 is 15.9 Å². The molecule has 5 heteroatoms. The van der Waals surface area contributed by atoms with Crippen molar-refractivity contribution < 1.29 is 9.18 Å². The summed E-state index contributed by atoms with van der Waals surface area (Å²) in [6.07, 6.45) is 2.13. The molecule has 1 aromatic carbocycles. The number of carbonyl (C=O) groups excluding carboxylic acids is 1. The molecule has 1 aliphatic heterocycles. The van der Waals surface area contributed by atoms with Gasteiger partial charge < -0.3 is 10.2 Å². The van der Waals surface area contributed by atoms with Gasteiger partial charge in [-0.1, -0.05) is 13.0 Å². The third kappa shape index (κ3) is 3.58. The van der Waals surface area contributed by atoms with Crippen LogP contribution in [0.4, 0.5) is 4.39 Å². The van der Waals surface area contributed by atoms with Gasteiger partial charge in [-0.2, -0.15) is 0 Å². The highest BCUT2D eigenvalue weighted by Crippen LogP contribution is 2.29. The predicted molar refractivity (Wildman–Crippen MR) is 81.3 cm³/mol. The van der Waals surface area contributed by atoms with Crippen molar-refractivity contribution in [3.8, 4) is 0 Å². The number of halogens is 2. The minimum Gasteiger partial charge on any atom is -0.351 e. The standard InChI is InChI=1S/C15H20BrFN2O/c1-15(6-8-19(2)9-7-15)10-18-14(20)11-4-3-5-12(17)13(11)16/h3-5H,6-10H2,1-2H3,(H,18,20). The number of nitrogens with one attached hydrogen (secondary N) is 1. The maximum Gasteiger partial charge on any atom is 0.252 e. The number of piperidine rings is 1. The van der Waals surface area contributed by atoms with E-state index in [0.29, 0.717) is 12.1 Å². The lowest BCUT2D eigenvalue weighted by atomic mass is 9.80. The lowest BCUT2D eigenvalue weighted by Crippen LogP contribution is -2.43. The number of rotatable bonds is 3. The van der Waals surface area contributed by atoms with Crippen molar-refractivity contribution in [3.63, 3.8) is 0 Å². The van der Waals surface area contributed by atoms with Crippen molar-refractivity contribution in [2.24, 2.45) is 5.41 Å². The molecular formula is C15H20BrFN2O. The predicted octanol–water partition coefficient (Wildman–Crippen LogP) is 3.05. The smallest absolute Gasteiger partial charge is 0.252 e. The fourth-order valence-electron chi connectivity index (χ4n) is 2.40. The van der Waals surface area contributed by atoms with Gasteiger partial charge in [0.1, 0.15) is 5.82 Å². The number of carbonyl (C=O) groups is 1. The molecule has 0 bridgehead atoms. The molecule has 0 unspecified atom stereocenters. The topological polar surface area (TPSA) is 32.3 Å². The van der Waals surface area contributed by atoms with E-state index in [4.69, 9.17) is 0 Å². The van der Waals surface area contributed by atoms with Gasteiger partial charge in [0.2, 0.25) is 0 Å². The van der Waals surface area contributed by atoms with Crippen LogP contribution in [0.3, 0.4) is 0 Å². The van der Waals surface area contributed by atoms with Crippen LogP contribution in [0.2, 0.25) is 0 Å². The molecule has 1 aliphatic rings. The third-order valence-electron chi connectivity index (χ3n) is 4.07. The molecular weight excluding hydrogens is 323 g/mol. The normalized spacial score (nSPS) is 18.8. The first kappa shape index (κ1) is 15.4. The molecule has 2 rings (SSSR count). The van der Waals surface area contributed by atoms with Crippen molar-refractivity contribution in [2.45, 2.75) is 19.8 Å². The molecule has 20 heavy (non-hydrogen) atoms. The van der Waals surface area contributed by atoms with Gasteiger partial charge in [-0.3, -0.25) is 4.79 Å². The van der Waals surface area contributed by atoms with E-state index in [-0.39, 0.29) is 15.8 Å². The van der Waals surface area contributed by atoms with E-state index in [0.717, 1.165) is 25.9 Å². The number of benzene rings is 1. The van der Waals surface area contributed by atoms with Crippen LogP contribution in [-0.4, -0.2) is 37.5 Å². The van der Waals surface area contributed by atoms with Crippen molar-refractivity contribution in [3.05, 3.63) is 34.1 Å². The molecule has 1 amide bonds. The van der Waals surface area contributed by atoms with Crippen LogP contribution in [0.1, 0.15) is 30.1 Å². The summed E-state index contributed by atoms with van der Waals surface area (Å²) in [4.78, 5) is 14.4. The van der Waals surface area contributed by atoms with Gasteiger partial charge in [-0.05, 0) is 66.5 Å². The molecule has 0 aromatic heterocycles. The number of amides is 1. The molecule has 0 spiro atoms. The second kappa shape index (κ2) is 6.22. The fourth-order valence-corrected chi connectivity index (χ4v) is 2.85. The van der Waals surface area contributed by atoms with Crippen LogP contribution in [0.15, 0.2) is 22.7 Å². The summed E-state index contributed by atoms with van der Waals surface area (Å²) in [6.45, 7) is 4.93. The molecule has 0 radical (unpaired) electrons. The highest BCUT2D eigenvalue weighted by molar-refractivity contribution is 9.10. The van der Waals surface area contributed by atoms with Crippen LogP contribution in [0.25, 0.3) is 0 Å². The first-order valence-electron chi connectivity index (χ1n) is 6.82. The Morgan fingerprint density at radius 2 is 2.10 bits per heavy atom. The molecule has 3 nitrogen and oxygen atoms in total. The Kier molecular flexibility index (Phi) is 4.81. The van der Waals surface area contributed by atoms with Gasteiger partial charge in [-0.15, -0.1) is 0 Å². The van der Waals surface area contributed by atoms with Crippen LogP contribution in [0.5, 0.6) is 0 Å². The Morgan fingerprint density at radius 1 is 1.45 bits per heavy atom. The summed E-state index contributed by atoms with van der Waals surface area (Å²) >= 11 is 3.13. The molecule has 0 atom stereocenters. The Labute approximate surface area is 127 Å². The Hall–Kier alpha value is -0.940. The quantitative estimate of drug-likeness (QED) is 0.915. The highest BCUT2D eigenvalue weighted by Gasteiger charge is 2.29. The highest BCUT2D eigenvalue weighted by atomic mass is 79.9. The number of nitrogens with zero attached hydrogens (tertiary/aromatic N) is 1. The van der Waals surface area contributed by atoms with Gasteiger partial charge in [-0.25, -0.2) is 4.39 Å². The minimum atomic E-state index is -0.414. The number of hydrogen-bond acceptors (Lipinski definition) is 2. The molecule has 1 fully saturated rings. The van der Waals surface area contributed by atoms with Crippen molar-refractivity contribution in [1.29, 1.82) is 0 Å². The molecule has 1 saturated heterocycles. The molecule has 1 heterocycles. The fraction of sp³-hybridized carbons (Fsp3) is 0.533. The number of likely N-dealkylation sites (tertiary alicyclic amines) is 1. The summed E-state index contributed by atoms with van der Waals surface area (Å²) in [5.74, 6) is -0.639. The second-order valence-corrected chi connectivity index (χ2v) is 6.69. The summed E-state index contributed by atoms with van der Waals surface area (Å²) < 4.78 is 13.6. The summed E-state index contributed by atoms with van der Waals surface area (Å²) in [6, 6.07) is 4.50. The van der Waals surface area contributed by atoms with Crippen molar-refractivity contribution in [1.82, 2.24) is 10.2 Å². The van der Waals surface area contributed by atoms with E-state index < -0.39 is 5.82 Å². The molecule has 0 saturated carbocycles. The summed E-state index contributed by atoms with van der Waals surface area (Å²) in [7, 11) is 2.11. The average molecular weight is 343 g/mol. The first-order chi connectivity index (χ1) is 9.41. The Morgan fingerprint density at radius 3 is 2.75 bits per heavy atom. The van der Waals surface area contributed by atoms with Gasteiger partial charge in [0.15, 0.2) is 0 Å². The van der Waals surface area contributed by atoms with Crippen molar-refractivity contribution >= 4 is 21.8 Å². The summed E-state index contributed by atoms with van der Waals surface area (Å²) in [5.41, 5.74) is 0.476. The first-order valence-corrected chi connectivity index (χ1v) is 7.61. The van der Waals surface area contributed by atoms with Crippen LogP contribution in [0, 0.1) is 11.2 Å². The lowest BCUT2D eigenvalue weighted by molar-refractivity contribution is 0.0890. The van der Waals surface area contributed by atoms with Crippen LogP contribution in [-0.2, 0) is 0 Å². The molecule has 110 valence electrons. The second-order valence-electron chi connectivity index (χ2n) is 5.90. The number of hydrogen-bond donors (Lipinski definition) is 1. The van der Waals surface area contributed by atoms with Gasteiger partial charge in [0.25, 0.3) is 5.91 Å². The van der Waals surface area contributed by atoms with E-state index in [1.54, 1.807) is 12.1 Å². The SMILES string of the molecule is CN1CCC(C)(CNC(=O)c2cccc(F)c2Br)CC1. The monoisotopic (exact) mass is 342 g/mol. The maximum absolute atomic E-state index is 13.4. The zero-order valence-electron chi connectivity index (χ0n) is 11.9. The zero-order chi connectivity index (χ0) is 14.8. The Balaban J connectivity index is 1.97. The maximum atomic E-state index is 13.4. The van der Waals surface area contributed by atoms with E-state index >= 15 is 0 Å². The van der Waals surface area contributed by atoms with Gasteiger partial charge in [0, 0.05) is 6.54 Å². The zero-order valence-corrected chi connectivity index (χ0v) is 13.5. The molecule has 1 aromatic rings. The van der Waals surface area contributed by atoms with Crippen molar-refractivity contribution in [2.75, 3.05) is 26.7 Å². The van der Waals surface area contributed by atoms with E-state index in [9.17, 15) is 9.18 Å². The van der Waals surface area contributed by atoms with E-state index in [2.05, 4.69) is 40.1 Å². The minimum absolute atomic E-state index is 0.127. The largest absolute Gasteiger partial charge is 0.351 e.